The molecule has 26 heavy (non-hydrogen) atoms. The van der Waals surface area contributed by atoms with Crippen molar-refractivity contribution in [3.8, 4) is 5.75 Å². The zero-order valence-electron chi connectivity index (χ0n) is 14.1. The maximum Gasteiger partial charge on any atom is 0.341 e. The van der Waals surface area contributed by atoms with E-state index in [1.165, 1.54) is 6.20 Å². The van der Waals surface area contributed by atoms with Crippen LogP contribution in [0.2, 0.25) is 0 Å². The second-order valence-corrected chi connectivity index (χ2v) is 6.41. The number of carboxylic acid groups (broad SMARTS) is 1. The normalized spacial score (nSPS) is 19.0. The number of hydrogen-bond donors (Lipinski definition) is 2. The van der Waals surface area contributed by atoms with Crippen molar-refractivity contribution < 1.29 is 19.0 Å². The van der Waals surface area contributed by atoms with E-state index < -0.39 is 17.2 Å². The molecular weight excluding hydrogens is 365 g/mol. The number of aromatic carboxylic acids is 1. The third kappa shape index (κ3) is 2.69. The Hall–Kier alpha value is -2.32. The van der Waals surface area contributed by atoms with E-state index in [4.69, 9.17) is 4.74 Å². The number of piperazine rings is 1. The van der Waals surface area contributed by atoms with Crippen LogP contribution >= 0.6 is 12.4 Å². The molecule has 1 saturated heterocycles. The summed E-state index contributed by atoms with van der Waals surface area (Å²) < 4.78 is 22.4. The predicted octanol–water partition coefficient (Wildman–Crippen LogP) is 1.62. The zero-order chi connectivity index (χ0) is 17.7. The first-order chi connectivity index (χ1) is 12.0. The first-order valence-electron chi connectivity index (χ1n) is 8.22. The van der Waals surface area contributed by atoms with Crippen molar-refractivity contribution >= 4 is 35.0 Å². The van der Waals surface area contributed by atoms with Gasteiger partial charge in [0.1, 0.15) is 17.9 Å². The largest absolute Gasteiger partial charge is 0.487 e. The first kappa shape index (κ1) is 18.5. The summed E-state index contributed by atoms with van der Waals surface area (Å²) in [6, 6.07) is 0.984. The summed E-state index contributed by atoms with van der Waals surface area (Å²) in [7, 11) is 0. The van der Waals surface area contributed by atoms with E-state index in [1.54, 1.807) is 4.57 Å². The summed E-state index contributed by atoms with van der Waals surface area (Å²) in [5.74, 6) is -1.56. The number of nitrogens with zero attached hydrogens (tertiary/aromatic N) is 2. The Labute approximate surface area is 154 Å². The average Bonchev–Trinajstić information content (AvgIpc) is 2.60. The van der Waals surface area contributed by atoms with Crippen LogP contribution in [-0.4, -0.2) is 48.4 Å². The molecule has 1 fully saturated rings. The van der Waals surface area contributed by atoms with Crippen LogP contribution in [0.3, 0.4) is 0 Å². The number of benzene rings is 1. The summed E-state index contributed by atoms with van der Waals surface area (Å²) in [5, 5.41) is 12.5. The highest BCUT2D eigenvalue weighted by Gasteiger charge is 2.30. The van der Waals surface area contributed by atoms with Crippen LogP contribution in [0.15, 0.2) is 17.1 Å². The Bertz CT molecular complexity index is 940. The molecule has 0 amide bonds. The fraction of sp³-hybridized carbons (Fsp3) is 0.412. The Morgan fingerprint density at radius 1 is 1.38 bits per heavy atom. The average molecular weight is 384 g/mol. The van der Waals surface area contributed by atoms with Crippen molar-refractivity contribution in [2.45, 2.75) is 13.0 Å². The topological polar surface area (TPSA) is 83.8 Å². The standard InChI is InChI=1S/C17H18FN3O4.ClH/c1-9-8-25-16-13-10(15(22)11(17(23)24)7-21(9)13)6-12(18)14(16)20-4-2-19-3-5-20;/h6-7,9,19H,2-5,8H2,1H3,(H,23,24);1H/t9-;/m0./s1. The molecule has 0 spiro atoms. The van der Waals surface area contributed by atoms with Gasteiger partial charge in [-0.3, -0.25) is 4.79 Å². The van der Waals surface area contributed by atoms with Gasteiger partial charge in [-0.2, -0.15) is 0 Å². The lowest BCUT2D eigenvalue weighted by Gasteiger charge is -2.34. The second-order valence-electron chi connectivity index (χ2n) is 6.41. The maximum atomic E-state index is 14.9. The molecular formula is C17H19ClFN3O4. The number of anilines is 1. The van der Waals surface area contributed by atoms with Gasteiger partial charge in [0.05, 0.1) is 16.9 Å². The maximum absolute atomic E-state index is 14.9. The van der Waals surface area contributed by atoms with Gasteiger partial charge in [0, 0.05) is 32.4 Å². The number of ether oxygens (including phenoxy) is 1. The van der Waals surface area contributed by atoms with Crippen LogP contribution in [0.4, 0.5) is 10.1 Å². The van der Waals surface area contributed by atoms with Gasteiger partial charge in [-0.15, -0.1) is 12.4 Å². The van der Waals surface area contributed by atoms with E-state index >= 15 is 0 Å². The highest BCUT2D eigenvalue weighted by molar-refractivity contribution is 5.97. The number of hydrogen-bond acceptors (Lipinski definition) is 5. The molecule has 0 radical (unpaired) electrons. The number of carbonyl (C=O) groups is 1. The molecule has 1 aromatic carbocycles. The molecule has 0 saturated carbocycles. The zero-order valence-corrected chi connectivity index (χ0v) is 14.9. The molecule has 0 unspecified atom stereocenters. The number of nitrogens with one attached hydrogen (secondary N) is 1. The molecule has 4 rings (SSSR count). The van der Waals surface area contributed by atoms with Gasteiger partial charge in [-0.25, -0.2) is 9.18 Å². The number of halogens is 2. The van der Waals surface area contributed by atoms with Crippen molar-refractivity contribution in [1.82, 2.24) is 9.88 Å². The summed E-state index contributed by atoms with van der Waals surface area (Å²) in [5.41, 5.74) is -0.245. The van der Waals surface area contributed by atoms with Crippen LogP contribution in [0.1, 0.15) is 23.3 Å². The van der Waals surface area contributed by atoms with E-state index in [0.29, 0.717) is 30.0 Å². The lowest BCUT2D eigenvalue weighted by atomic mass is 10.1. The van der Waals surface area contributed by atoms with E-state index in [-0.39, 0.29) is 36.0 Å². The Balaban J connectivity index is 0.00000196. The van der Waals surface area contributed by atoms with Gasteiger partial charge in [-0.1, -0.05) is 0 Å². The van der Waals surface area contributed by atoms with Crippen LogP contribution in [-0.2, 0) is 0 Å². The summed E-state index contributed by atoms with van der Waals surface area (Å²) >= 11 is 0. The lowest BCUT2D eigenvalue weighted by Crippen LogP contribution is -2.44. The Morgan fingerprint density at radius 3 is 2.73 bits per heavy atom. The highest BCUT2D eigenvalue weighted by Crippen LogP contribution is 2.41. The molecule has 1 aromatic heterocycles. The van der Waals surface area contributed by atoms with E-state index in [1.807, 2.05) is 11.8 Å². The van der Waals surface area contributed by atoms with Gasteiger partial charge in [-0.05, 0) is 13.0 Å². The summed E-state index contributed by atoms with van der Waals surface area (Å²) in [6.07, 6.45) is 1.34. The second kappa shape index (κ2) is 6.77. The van der Waals surface area contributed by atoms with Crippen molar-refractivity contribution in [3.63, 3.8) is 0 Å². The van der Waals surface area contributed by atoms with Crippen LogP contribution < -0.4 is 20.4 Å². The van der Waals surface area contributed by atoms with Crippen LogP contribution in [0.25, 0.3) is 10.9 Å². The van der Waals surface area contributed by atoms with Crippen LogP contribution in [0, 0.1) is 5.82 Å². The number of aromatic nitrogens is 1. The SMILES string of the molecule is C[C@H]1COc2c(N3CCNCC3)c(F)cc3c(=O)c(C(=O)O)cn1c23.Cl. The molecule has 0 aliphatic carbocycles. The van der Waals surface area contributed by atoms with Gasteiger partial charge < -0.3 is 24.6 Å². The number of pyridine rings is 1. The minimum absolute atomic E-state index is 0. The quantitative estimate of drug-likeness (QED) is 0.820. The fourth-order valence-electron chi connectivity index (χ4n) is 3.55. The Morgan fingerprint density at radius 2 is 2.08 bits per heavy atom. The predicted molar refractivity (Wildman–Crippen MR) is 97.7 cm³/mol. The molecule has 2 N–H and O–H groups in total. The number of carboxylic acids is 1. The van der Waals surface area contributed by atoms with Crippen molar-refractivity contribution in [1.29, 1.82) is 0 Å². The van der Waals surface area contributed by atoms with E-state index in [0.717, 1.165) is 19.2 Å². The van der Waals surface area contributed by atoms with Crippen LogP contribution in [0.5, 0.6) is 5.75 Å². The fourth-order valence-corrected chi connectivity index (χ4v) is 3.55. The number of rotatable bonds is 2. The molecule has 0 bridgehead atoms. The van der Waals surface area contributed by atoms with Gasteiger partial charge >= 0.3 is 5.97 Å². The molecule has 2 aliphatic rings. The Kier molecular flexibility index (Phi) is 4.81. The minimum Gasteiger partial charge on any atom is -0.487 e. The third-order valence-corrected chi connectivity index (χ3v) is 4.81. The molecule has 2 aromatic rings. The van der Waals surface area contributed by atoms with E-state index in [2.05, 4.69) is 5.32 Å². The lowest BCUT2D eigenvalue weighted by molar-refractivity contribution is 0.0694. The third-order valence-electron chi connectivity index (χ3n) is 4.81. The molecule has 2 aliphatic heterocycles. The molecule has 9 heteroatoms. The summed E-state index contributed by atoms with van der Waals surface area (Å²) in [6.45, 7) is 4.88. The van der Waals surface area contributed by atoms with Gasteiger partial charge in [0.15, 0.2) is 11.6 Å². The monoisotopic (exact) mass is 383 g/mol. The van der Waals surface area contributed by atoms with Crippen molar-refractivity contribution in [3.05, 3.63) is 33.9 Å². The first-order valence-corrected chi connectivity index (χ1v) is 8.22. The smallest absolute Gasteiger partial charge is 0.341 e. The van der Waals surface area contributed by atoms with Gasteiger partial charge in [0.25, 0.3) is 0 Å². The molecule has 140 valence electrons. The van der Waals surface area contributed by atoms with Crippen molar-refractivity contribution in [2.24, 2.45) is 0 Å². The highest BCUT2D eigenvalue weighted by atomic mass is 35.5. The molecule has 3 heterocycles. The molecule has 7 nitrogen and oxygen atoms in total. The van der Waals surface area contributed by atoms with Gasteiger partial charge in [0.2, 0.25) is 5.43 Å². The van der Waals surface area contributed by atoms with E-state index in [9.17, 15) is 19.1 Å². The molecule has 1 atom stereocenters. The summed E-state index contributed by atoms with van der Waals surface area (Å²) in [4.78, 5) is 25.8. The minimum atomic E-state index is -1.32. The van der Waals surface area contributed by atoms with Crippen molar-refractivity contribution in [2.75, 3.05) is 37.7 Å².